The summed E-state index contributed by atoms with van der Waals surface area (Å²) >= 11 is 0. The van der Waals surface area contributed by atoms with E-state index < -0.39 is 0 Å². The number of aromatic nitrogens is 2. The monoisotopic (exact) mass is 390 g/mol. The van der Waals surface area contributed by atoms with Crippen molar-refractivity contribution in [3.63, 3.8) is 0 Å². The molecule has 0 unspecified atom stereocenters. The molecule has 0 spiro atoms. The van der Waals surface area contributed by atoms with Crippen LogP contribution in [-0.2, 0) is 11.2 Å². The van der Waals surface area contributed by atoms with Crippen molar-refractivity contribution in [2.45, 2.75) is 51.9 Å². The van der Waals surface area contributed by atoms with Crippen LogP contribution in [0.25, 0.3) is 0 Å². The number of rotatable bonds is 5. The fourth-order valence-corrected chi connectivity index (χ4v) is 4.23. The highest BCUT2D eigenvalue weighted by Gasteiger charge is 2.35. The van der Waals surface area contributed by atoms with E-state index in [1.807, 2.05) is 0 Å². The fourth-order valence-electron chi connectivity index (χ4n) is 4.23. The third kappa shape index (κ3) is 4.00. The molecule has 5 heteroatoms. The number of carbonyl (C=O) groups is 1. The summed E-state index contributed by atoms with van der Waals surface area (Å²) in [5, 5.41) is 0. The lowest BCUT2D eigenvalue weighted by molar-refractivity contribution is -0.132. The van der Waals surface area contributed by atoms with Gasteiger partial charge < -0.3 is 9.80 Å². The molecule has 2 heterocycles. The standard InChI is InChI=1S/C24H30N4O/c1-16-3-5-18(6-4-16)15-21-17(2)25-22(19-7-8-19)26-23(21)27-11-13-28(14-12-27)24(29)20-9-10-20/h3-6,19-20H,7-15H2,1-2H3. The van der Waals surface area contributed by atoms with E-state index in [-0.39, 0.29) is 0 Å². The minimum absolute atomic E-state index is 0.307. The van der Waals surface area contributed by atoms with E-state index in [1.165, 1.54) is 29.5 Å². The Hall–Kier alpha value is -2.43. The predicted molar refractivity (Wildman–Crippen MR) is 114 cm³/mol. The lowest BCUT2D eigenvalue weighted by atomic mass is 10.0. The first-order valence-corrected chi connectivity index (χ1v) is 11.0. The second-order valence-electron chi connectivity index (χ2n) is 8.99. The Bertz CT molecular complexity index is 907. The quantitative estimate of drug-likeness (QED) is 0.782. The molecular weight excluding hydrogens is 360 g/mol. The largest absolute Gasteiger partial charge is 0.353 e. The Kier molecular flexibility index (Phi) is 4.76. The highest BCUT2D eigenvalue weighted by Crippen LogP contribution is 2.40. The van der Waals surface area contributed by atoms with Gasteiger partial charge in [-0.1, -0.05) is 29.8 Å². The number of aryl methyl sites for hydroxylation is 2. The summed E-state index contributed by atoms with van der Waals surface area (Å²) in [5.74, 6) is 3.32. The molecule has 2 saturated carbocycles. The van der Waals surface area contributed by atoms with Gasteiger partial charge in [0, 0.05) is 55.7 Å². The normalized spacial score (nSPS) is 19.5. The van der Waals surface area contributed by atoms with Crippen LogP contribution in [0.2, 0.25) is 0 Å². The van der Waals surface area contributed by atoms with Gasteiger partial charge in [0.2, 0.25) is 5.91 Å². The minimum atomic E-state index is 0.307. The second-order valence-corrected chi connectivity index (χ2v) is 8.99. The number of hydrogen-bond donors (Lipinski definition) is 0. The zero-order chi connectivity index (χ0) is 20.0. The van der Waals surface area contributed by atoms with Crippen LogP contribution < -0.4 is 4.90 Å². The number of hydrogen-bond acceptors (Lipinski definition) is 4. The highest BCUT2D eigenvalue weighted by molar-refractivity contribution is 5.81. The van der Waals surface area contributed by atoms with E-state index in [0.29, 0.717) is 17.7 Å². The summed E-state index contributed by atoms with van der Waals surface area (Å²) < 4.78 is 0. The molecule has 1 amide bonds. The van der Waals surface area contributed by atoms with Gasteiger partial charge in [-0.3, -0.25) is 4.79 Å². The summed E-state index contributed by atoms with van der Waals surface area (Å²) in [6.07, 6.45) is 5.43. The average molecular weight is 391 g/mol. The van der Waals surface area contributed by atoms with E-state index in [9.17, 15) is 4.79 Å². The van der Waals surface area contributed by atoms with Crippen molar-refractivity contribution in [2.75, 3.05) is 31.1 Å². The maximum atomic E-state index is 12.4. The van der Waals surface area contributed by atoms with Crippen LogP contribution in [0.4, 0.5) is 5.82 Å². The van der Waals surface area contributed by atoms with Gasteiger partial charge in [-0.25, -0.2) is 9.97 Å². The molecule has 0 N–H and O–H groups in total. The number of benzene rings is 1. The van der Waals surface area contributed by atoms with Crippen molar-refractivity contribution < 1.29 is 4.79 Å². The molecular formula is C24H30N4O. The predicted octanol–water partition coefficient (Wildman–Crippen LogP) is 3.62. The Morgan fingerprint density at radius 2 is 1.66 bits per heavy atom. The van der Waals surface area contributed by atoms with Crippen LogP contribution in [0.5, 0.6) is 0 Å². The molecule has 5 rings (SSSR count). The van der Waals surface area contributed by atoms with Crippen LogP contribution in [-0.4, -0.2) is 47.0 Å². The third-order valence-corrected chi connectivity index (χ3v) is 6.47. The van der Waals surface area contributed by atoms with E-state index in [0.717, 1.165) is 62.8 Å². The van der Waals surface area contributed by atoms with Crippen molar-refractivity contribution in [3.8, 4) is 0 Å². The van der Waals surface area contributed by atoms with Crippen LogP contribution in [0.1, 0.15) is 59.8 Å². The zero-order valence-electron chi connectivity index (χ0n) is 17.5. The molecule has 2 aliphatic carbocycles. The smallest absolute Gasteiger partial charge is 0.225 e. The van der Waals surface area contributed by atoms with E-state index in [4.69, 9.17) is 9.97 Å². The minimum Gasteiger partial charge on any atom is -0.353 e. The van der Waals surface area contributed by atoms with Crippen LogP contribution in [0.3, 0.4) is 0 Å². The summed E-state index contributed by atoms with van der Waals surface area (Å²) in [4.78, 5) is 26.8. The van der Waals surface area contributed by atoms with E-state index >= 15 is 0 Å². The first-order valence-electron chi connectivity index (χ1n) is 11.0. The molecule has 5 nitrogen and oxygen atoms in total. The number of carbonyl (C=O) groups excluding carboxylic acids is 1. The van der Waals surface area contributed by atoms with Crippen molar-refractivity contribution >= 4 is 11.7 Å². The van der Waals surface area contributed by atoms with Crippen molar-refractivity contribution in [3.05, 3.63) is 52.5 Å². The molecule has 1 saturated heterocycles. The Morgan fingerprint density at radius 1 is 0.966 bits per heavy atom. The van der Waals surface area contributed by atoms with Crippen LogP contribution >= 0.6 is 0 Å². The maximum Gasteiger partial charge on any atom is 0.225 e. The first kappa shape index (κ1) is 18.6. The van der Waals surface area contributed by atoms with E-state index in [2.05, 4.69) is 47.9 Å². The summed E-state index contributed by atoms with van der Waals surface area (Å²) in [6.45, 7) is 7.59. The molecule has 2 aromatic rings. The lowest BCUT2D eigenvalue weighted by Gasteiger charge is -2.36. The Morgan fingerprint density at radius 3 is 2.28 bits per heavy atom. The lowest BCUT2D eigenvalue weighted by Crippen LogP contribution is -2.49. The molecule has 0 atom stereocenters. The van der Waals surface area contributed by atoms with Crippen LogP contribution in [0.15, 0.2) is 24.3 Å². The van der Waals surface area contributed by atoms with Gasteiger partial charge in [0.25, 0.3) is 0 Å². The van der Waals surface area contributed by atoms with Gasteiger partial charge in [0.1, 0.15) is 11.6 Å². The van der Waals surface area contributed by atoms with Gasteiger partial charge in [-0.2, -0.15) is 0 Å². The number of nitrogens with zero attached hydrogens (tertiary/aromatic N) is 4. The fraction of sp³-hybridized carbons (Fsp3) is 0.542. The van der Waals surface area contributed by atoms with Gasteiger partial charge >= 0.3 is 0 Å². The van der Waals surface area contributed by atoms with Crippen molar-refractivity contribution in [2.24, 2.45) is 5.92 Å². The molecule has 29 heavy (non-hydrogen) atoms. The average Bonchev–Trinajstić information content (AvgIpc) is 3.63. The molecule has 3 fully saturated rings. The molecule has 0 radical (unpaired) electrons. The first-order chi connectivity index (χ1) is 14.1. The third-order valence-electron chi connectivity index (χ3n) is 6.47. The SMILES string of the molecule is Cc1ccc(Cc2c(C)nc(C3CC3)nc2N2CCN(C(=O)C3CC3)CC2)cc1. The molecule has 1 aliphatic heterocycles. The van der Waals surface area contributed by atoms with Gasteiger partial charge in [-0.15, -0.1) is 0 Å². The molecule has 3 aliphatic rings. The number of anilines is 1. The van der Waals surface area contributed by atoms with Crippen molar-refractivity contribution in [1.82, 2.24) is 14.9 Å². The molecule has 1 aromatic carbocycles. The van der Waals surface area contributed by atoms with Gasteiger partial charge in [-0.05, 0) is 45.1 Å². The number of amides is 1. The zero-order valence-corrected chi connectivity index (χ0v) is 17.5. The van der Waals surface area contributed by atoms with Crippen LogP contribution in [0, 0.1) is 19.8 Å². The van der Waals surface area contributed by atoms with Crippen molar-refractivity contribution in [1.29, 1.82) is 0 Å². The summed E-state index contributed by atoms with van der Waals surface area (Å²) in [6, 6.07) is 8.76. The second kappa shape index (κ2) is 7.43. The topological polar surface area (TPSA) is 49.3 Å². The summed E-state index contributed by atoms with van der Waals surface area (Å²) in [7, 11) is 0. The maximum absolute atomic E-state index is 12.4. The van der Waals surface area contributed by atoms with E-state index in [1.54, 1.807) is 0 Å². The molecule has 0 bridgehead atoms. The number of piperazine rings is 1. The molecule has 152 valence electrons. The Labute approximate surface area is 173 Å². The highest BCUT2D eigenvalue weighted by atomic mass is 16.2. The summed E-state index contributed by atoms with van der Waals surface area (Å²) in [5.41, 5.74) is 4.92. The Balaban J connectivity index is 1.40. The van der Waals surface area contributed by atoms with Gasteiger partial charge in [0.15, 0.2) is 0 Å². The molecule has 1 aromatic heterocycles. The van der Waals surface area contributed by atoms with Gasteiger partial charge in [0.05, 0.1) is 0 Å².